The number of methoxy groups -OCH3 is 1. The summed E-state index contributed by atoms with van der Waals surface area (Å²) in [5.41, 5.74) is 1.57. The SMILES string of the molecule is COc1ccc(S(=O)(=O)N[C@H](C)C(=O)NCc2ccncc2)cc1C. The zero-order valence-electron chi connectivity index (χ0n) is 14.3. The molecule has 1 aromatic heterocycles. The van der Waals surface area contributed by atoms with Gasteiger partial charge in [0.05, 0.1) is 18.0 Å². The Morgan fingerprint density at radius 2 is 1.92 bits per heavy atom. The summed E-state index contributed by atoms with van der Waals surface area (Å²) in [5, 5.41) is 2.69. The molecule has 0 fully saturated rings. The van der Waals surface area contributed by atoms with Crippen molar-refractivity contribution >= 4 is 15.9 Å². The van der Waals surface area contributed by atoms with Gasteiger partial charge in [-0.05, 0) is 55.3 Å². The lowest BCUT2D eigenvalue weighted by Crippen LogP contribution is -2.44. The van der Waals surface area contributed by atoms with E-state index in [9.17, 15) is 13.2 Å². The highest BCUT2D eigenvalue weighted by Crippen LogP contribution is 2.21. The second-order valence-electron chi connectivity index (χ2n) is 5.55. The topological polar surface area (TPSA) is 97.4 Å². The van der Waals surface area contributed by atoms with Gasteiger partial charge in [-0.3, -0.25) is 9.78 Å². The molecule has 7 nitrogen and oxygen atoms in total. The van der Waals surface area contributed by atoms with Gasteiger partial charge in [0.15, 0.2) is 0 Å². The third-order valence-corrected chi connectivity index (χ3v) is 5.16. The smallest absolute Gasteiger partial charge is 0.241 e. The number of ether oxygens (including phenoxy) is 1. The molecular weight excluding hydrogens is 342 g/mol. The Hall–Kier alpha value is -2.45. The molecule has 0 aliphatic heterocycles. The second kappa shape index (κ2) is 8.09. The van der Waals surface area contributed by atoms with Gasteiger partial charge < -0.3 is 10.1 Å². The van der Waals surface area contributed by atoms with E-state index < -0.39 is 22.0 Å². The lowest BCUT2D eigenvalue weighted by molar-refractivity contribution is -0.122. The number of aromatic nitrogens is 1. The molecule has 2 N–H and O–H groups in total. The van der Waals surface area contributed by atoms with Gasteiger partial charge in [0.2, 0.25) is 15.9 Å². The average Bonchev–Trinajstić information content (AvgIpc) is 2.60. The van der Waals surface area contributed by atoms with E-state index in [2.05, 4.69) is 15.0 Å². The van der Waals surface area contributed by atoms with Crippen molar-refractivity contribution in [2.75, 3.05) is 7.11 Å². The molecule has 2 aromatic rings. The van der Waals surface area contributed by atoms with E-state index in [1.807, 2.05) is 0 Å². The van der Waals surface area contributed by atoms with Crippen LogP contribution in [-0.2, 0) is 21.4 Å². The number of nitrogens with one attached hydrogen (secondary N) is 2. The van der Waals surface area contributed by atoms with Crippen LogP contribution in [0.25, 0.3) is 0 Å². The average molecular weight is 363 g/mol. The number of aryl methyl sites for hydroxylation is 1. The Morgan fingerprint density at radius 3 is 2.52 bits per heavy atom. The first-order valence-electron chi connectivity index (χ1n) is 7.67. The maximum absolute atomic E-state index is 12.4. The van der Waals surface area contributed by atoms with E-state index in [0.717, 1.165) is 5.56 Å². The minimum absolute atomic E-state index is 0.0829. The molecule has 1 heterocycles. The molecule has 0 spiro atoms. The van der Waals surface area contributed by atoms with Gasteiger partial charge in [0, 0.05) is 18.9 Å². The zero-order valence-corrected chi connectivity index (χ0v) is 15.1. The van der Waals surface area contributed by atoms with Gasteiger partial charge in [0.1, 0.15) is 5.75 Å². The van der Waals surface area contributed by atoms with Crippen LogP contribution < -0.4 is 14.8 Å². The molecule has 2 rings (SSSR count). The summed E-state index contributed by atoms with van der Waals surface area (Å²) in [7, 11) is -2.29. The maximum atomic E-state index is 12.4. The number of carbonyl (C=O) groups is 1. The van der Waals surface area contributed by atoms with Gasteiger partial charge >= 0.3 is 0 Å². The standard InChI is InChI=1S/C17H21N3O4S/c1-12-10-15(4-5-16(12)24-3)25(22,23)20-13(2)17(21)19-11-14-6-8-18-9-7-14/h4-10,13,20H,11H2,1-3H3,(H,19,21)/t13-/m1/s1. The molecule has 0 saturated carbocycles. The molecule has 1 amide bonds. The fraction of sp³-hybridized carbons (Fsp3) is 0.294. The number of hydrogen-bond acceptors (Lipinski definition) is 5. The van der Waals surface area contributed by atoms with E-state index >= 15 is 0 Å². The summed E-state index contributed by atoms with van der Waals surface area (Å²) >= 11 is 0. The van der Waals surface area contributed by atoms with Gasteiger partial charge in [-0.15, -0.1) is 0 Å². The first-order chi connectivity index (χ1) is 11.8. The molecule has 1 atom stereocenters. The van der Waals surface area contributed by atoms with Crippen LogP contribution >= 0.6 is 0 Å². The highest BCUT2D eigenvalue weighted by Gasteiger charge is 2.22. The third-order valence-electron chi connectivity index (χ3n) is 3.62. The van der Waals surface area contributed by atoms with Gasteiger partial charge in [-0.25, -0.2) is 8.42 Å². The summed E-state index contributed by atoms with van der Waals surface area (Å²) in [5.74, 6) is 0.188. The largest absolute Gasteiger partial charge is 0.496 e. The molecule has 0 radical (unpaired) electrons. The summed E-state index contributed by atoms with van der Waals surface area (Å²) < 4.78 is 32.4. The Morgan fingerprint density at radius 1 is 1.24 bits per heavy atom. The molecule has 8 heteroatoms. The van der Waals surface area contributed by atoms with Crippen molar-refractivity contribution in [3.63, 3.8) is 0 Å². The summed E-state index contributed by atoms with van der Waals surface area (Å²) in [6.07, 6.45) is 3.25. The van der Waals surface area contributed by atoms with E-state index in [0.29, 0.717) is 17.9 Å². The van der Waals surface area contributed by atoms with Crippen molar-refractivity contribution in [3.8, 4) is 5.75 Å². The van der Waals surface area contributed by atoms with Gasteiger partial charge in [0.25, 0.3) is 0 Å². The summed E-state index contributed by atoms with van der Waals surface area (Å²) in [4.78, 5) is 16.1. The Labute approximate surface area is 147 Å². The number of benzene rings is 1. The van der Waals surface area contributed by atoms with Crippen LogP contribution in [0, 0.1) is 6.92 Å². The molecule has 0 aliphatic carbocycles. The highest BCUT2D eigenvalue weighted by atomic mass is 32.2. The lowest BCUT2D eigenvalue weighted by Gasteiger charge is -2.15. The predicted octanol–water partition coefficient (Wildman–Crippen LogP) is 1.38. The summed E-state index contributed by atoms with van der Waals surface area (Å²) in [6, 6.07) is 7.16. The fourth-order valence-corrected chi connectivity index (χ4v) is 3.50. The number of sulfonamides is 1. The summed E-state index contributed by atoms with van der Waals surface area (Å²) in [6.45, 7) is 3.55. The van der Waals surface area contributed by atoms with E-state index in [-0.39, 0.29) is 4.90 Å². The normalized spacial score (nSPS) is 12.4. The van der Waals surface area contributed by atoms with Gasteiger partial charge in [-0.1, -0.05) is 0 Å². The Bertz CT molecular complexity index is 838. The third kappa shape index (κ3) is 5.01. The van der Waals surface area contributed by atoms with Crippen LogP contribution in [0.4, 0.5) is 0 Å². The first-order valence-corrected chi connectivity index (χ1v) is 9.15. The predicted molar refractivity (Wildman–Crippen MR) is 93.6 cm³/mol. The minimum Gasteiger partial charge on any atom is -0.496 e. The first kappa shape index (κ1) is 18.9. The van der Waals surface area contributed by atoms with Crippen LogP contribution in [0.15, 0.2) is 47.6 Å². The lowest BCUT2D eigenvalue weighted by atomic mass is 10.2. The van der Waals surface area contributed by atoms with Crippen LogP contribution in [0.1, 0.15) is 18.1 Å². The Kier molecular flexibility index (Phi) is 6.11. The number of rotatable bonds is 7. The molecule has 134 valence electrons. The van der Waals surface area contributed by atoms with E-state index in [1.54, 1.807) is 37.5 Å². The second-order valence-corrected chi connectivity index (χ2v) is 7.26. The fourth-order valence-electron chi connectivity index (χ4n) is 2.22. The van der Waals surface area contributed by atoms with E-state index in [4.69, 9.17) is 4.74 Å². The molecule has 0 bridgehead atoms. The van der Waals surface area contributed by atoms with Crippen molar-refractivity contribution < 1.29 is 17.9 Å². The number of pyridine rings is 1. The van der Waals surface area contributed by atoms with Crippen molar-refractivity contribution in [2.45, 2.75) is 31.3 Å². The highest BCUT2D eigenvalue weighted by molar-refractivity contribution is 7.89. The molecule has 0 saturated heterocycles. The van der Waals surface area contributed by atoms with Crippen LogP contribution in [0.2, 0.25) is 0 Å². The quantitative estimate of drug-likeness (QED) is 0.775. The zero-order chi connectivity index (χ0) is 18.4. The number of hydrogen-bond donors (Lipinski definition) is 2. The van der Waals surface area contributed by atoms with Crippen molar-refractivity contribution in [2.24, 2.45) is 0 Å². The van der Waals surface area contributed by atoms with Crippen LogP contribution in [-0.4, -0.2) is 32.5 Å². The molecule has 1 aromatic carbocycles. The van der Waals surface area contributed by atoms with Gasteiger partial charge in [-0.2, -0.15) is 4.72 Å². The maximum Gasteiger partial charge on any atom is 0.241 e. The monoisotopic (exact) mass is 363 g/mol. The minimum atomic E-state index is -3.81. The molecule has 0 aliphatic rings. The molecular formula is C17H21N3O4S. The Balaban J connectivity index is 2.01. The van der Waals surface area contributed by atoms with Crippen molar-refractivity contribution in [1.82, 2.24) is 15.0 Å². The number of amides is 1. The van der Waals surface area contributed by atoms with E-state index in [1.165, 1.54) is 26.2 Å². The number of nitrogens with zero attached hydrogens (tertiary/aromatic N) is 1. The molecule has 25 heavy (non-hydrogen) atoms. The molecule has 0 unspecified atom stereocenters. The van der Waals surface area contributed by atoms with Crippen molar-refractivity contribution in [3.05, 3.63) is 53.9 Å². The number of carbonyl (C=O) groups excluding carboxylic acids is 1. The van der Waals surface area contributed by atoms with Crippen LogP contribution in [0.5, 0.6) is 5.75 Å². The van der Waals surface area contributed by atoms with Crippen LogP contribution in [0.3, 0.4) is 0 Å². The van der Waals surface area contributed by atoms with Crippen molar-refractivity contribution in [1.29, 1.82) is 0 Å².